The zero-order valence-electron chi connectivity index (χ0n) is 9.17. The highest BCUT2D eigenvalue weighted by Crippen LogP contribution is 2.29. The number of nitriles is 1. The molecule has 0 N–H and O–H groups in total. The number of ether oxygens (including phenoxy) is 1. The first-order valence-electron chi connectivity index (χ1n) is 4.88. The molecule has 0 spiro atoms. The Bertz CT molecular complexity index is 393. The van der Waals surface area contributed by atoms with Crippen LogP contribution in [0, 0.1) is 11.3 Å². The number of nitrogens with zero attached hydrogens (tertiary/aromatic N) is 1. The van der Waals surface area contributed by atoms with Crippen LogP contribution in [0.3, 0.4) is 0 Å². The van der Waals surface area contributed by atoms with Crippen LogP contribution in [0.5, 0.6) is 5.75 Å². The first-order valence-corrected chi connectivity index (χ1v) is 5.67. The number of rotatable bonds is 3. The SMILES string of the molecule is CCC(C)(C)Oc1cccc(Br)c1C#N. The highest BCUT2D eigenvalue weighted by Gasteiger charge is 2.19. The molecule has 0 aliphatic rings. The summed E-state index contributed by atoms with van der Waals surface area (Å²) < 4.78 is 6.57. The highest BCUT2D eigenvalue weighted by molar-refractivity contribution is 9.10. The van der Waals surface area contributed by atoms with Gasteiger partial charge in [0.25, 0.3) is 0 Å². The molecular weight excluding hydrogens is 254 g/mol. The van der Waals surface area contributed by atoms with Gasteiger partial charge in [-0.1, -0.05) is 13.0 Å². The summed E-state index contributed by atoms with van der Waals surface area (Å²) in [6.07, 6.45) is 0.893. The lowest BCUT2D eigenvalue weighted by Crippen LogP contribution is -2.27. The maximum atomic E-state index is 9.01. The summed E-state index contributed by atoms with van der Waals surface area (Å²) in [4.78, 5) is 0. The first kappa shape index (κ1) is 12.1. The number of benzene rings is 1. The fourth-order valence-corrected chi connectivity index (χ4v) is 1.50. The summed E-state index contributed by atoms with van der Waals surface area (Å²) in [5, 5.41) is 9.01. The van der Waals surface area contributed by atoms with Gasteiger partial charge in [-0.3, -0.25) is 0 Å². The largest absolute Gasteiger partial charge is 0.486 e. The molecule has 0 aromatic heterocycles. The molecule has 0 bridgehead atoms. The molecule has 15 heavy (non-hydrogen) atoms. The summed E-state index contributed by atoms with van der Waals surface area (Å²) in [7, 11) is 0. The fourth-order valence-electron chi connectivity index (χ4n) is 1.07. The first-order chi connectivity index (χ1) is 7.00. The lowest BCUT2D eigenvalue weighted by Gasteiger charge is -2.25. The van der Waals surface area contributed by atoms with E-state index in [9.17, 15) is 0 Å². The van der Waals surface area contributed by atoms with Crippen LogP contribution in [-0.2, 0) is 0 Å². The molecule has 0 heterocycles. The smallest absolute Gasteiger partial charge is 0.139 e. The van der Waals surface area contributed by atoms with Crippen molar-refractivity contribution in [3.8, 4) is 11.8 Å². The van der Waals surface area contributed by atoms with Crippen LogP contribution >= 0.6 is 15.9 Å². The third kappa shape index (κ3) is 2.97. The fraction of sp³-hybridized carbons (Fsp3) is 0.417. The predicted octanol–water partition coefficient (Wildman–Crippen LogP) is 3.89. The Balaban J connectivity index is 3.06. The molecule has 0 amide bonds. The Hall–Kier alpha value is -1.01. The van der Waals surface area contributed by atoms with Crippen LogP contribution in [0.15, 0.2) is 22.7 Å². The molecule has 0 atom stereocenters. The molecule has 2 nitrogen and oxygen atoms in total. The van der Waals surface area contributed by atoms with Crippen molar-refractivity contribution >= 4 is 15.9 Å². The van der Waals surface area contributed by atoms with Gasteiger partial charge < -0.3 is 4.74 Å². The monoisotopic (exact) mass is 267 g/mol. The van der Waals surface area contributed by atoms with Crippen molar-refractivity contribution in [2.75, 3.05) is 0 Å². The van der Waals surface area contributed by atoms with Crippen molar-refractivity contribution in [1.82, 2.24) is 0 Å². The quantitative estimate of drug-likeness (QED) is 0.833. The molecule has 0 fully saturated rings. The molecular formula is C12H14BrNO. The van der Waals surface area contributed by atoms with Crippen molar-refractivity contribution < 1.29 is 4.74 Å². The Morgan fingerprint density at radius 1 is 1.47 bits per heavy atom. The van der Waals surface area contributed by atoms with E-state index in [4.69, 9.17) is 10.00 Å². The van der Waals surface area contributed by atoms with E-state index >= 15 is 0 Å². The topological polar surface area (TPSA) is 33.0 Å². The molecule has 0 saturated heterocycles. The minimum Gasteiger partial charge on any atom is -0.486 e. The minimum absolute atomic E-state index is 0.244. The van der Waals surface area contributed by atoms with E-state index in [1.54, 1.807) is 0 Å². The van der Waals surface area contributed by atoms with E-state index in [-0.39, 0.29) is 5.60 Å². The van der Waals surface area contributed by atoms with Crippen LogP contribution < -0.4 is 4.74 Å². The second-order valence-electron chi connectivity index (χ2n) is 3.94. The molecule has 0 saturated carbocycles. The van der Waals surface area contributed by atoms with E-state index in [2.05, 4.69) is 28.9 Å². The summed E-state index contributed by atoms with van der Waals surface area (Å²) >= 11 is 3.33. The average Bonchev–Trinajstić information content (AvgIpc) is 2.18. The standard InChI is InChI=1S/C12H14BrNO/c1-4-12(2,3)15-11-7-5-6-10(13)9(11)8-14/h5-7H,4H2,1-3H3. The van der Waals surface area contributed by atoms with Crippen LogP contribution in [0.25, 0.3) is 0 Å². The van der Waals surface area contributed by atoms with Crippen molar-refractivity contribution in [3.63, 3.8) is 0 Å². The molecule has 0 aliphatic carbocycles. The summed E-state index contributed by atoms with van der Waals surface area (Å²) in [5.41, 5.74) is 0.311. The summed E-state index contributed by atoms with van der Waals surface area (Å²) in [6.45, 7) is 6.08. The molecule has 1 aromatic carbocycles. The van der Waals surface area contributed by atoms with Gasteiger partial charge in [0.05, 0.1) is 0 Å². The Morgan fingerprint density at radius 2 is 2.13 bits per heavy atom. The molecule has 0 radical (unpaired) electrons. The molecule has 1 aromatic rings. The van der Waals surface area contributed by atoms with Gasteiger partial charge in [-0.2, -0.15) is 5.26 Å². The van der Waals surface area contributed by atoms with E-state index in [0.717, 1.165) is 10.9 Å². The van der Waals surface area contributed by atoms with Gasteiger partial charge in [0.2, 0.25) is 0 Å². The van der Waals surface area contributed by atoms with Gasteiger partial charge in [-0.25, -0.2) is 0 Å². The van der Waals surface area contributed by atoms with Gasteiger partial charge in [-0.05, 0) is 48.3 Å². The highest BCUT2D eigenvalue weighted by atomic mass is 79.9. The van der Waals surface area contributed by atoms with Crippen molar-refractivity contribution in [2.45, 2.75) is 32.8 Å². The van der Waals surface area contributed by atoms with Crippen molar-refractivity contribution in [1.29, 1.82) is 5.26 Å². The average molecular weight is 268 g/mol. The number of halogens is 1. The van der Waals surface area contributed by atoms with E-state index in [1.807, 2.05) is 32.0 Å². The van der Waals surface area contributed by atoms with Gasteiger partial charge in [-0.15, -0.1) is 0 Å². The molecule has 0 unspecified atom stereocenters. The zero-order chi connectivity index (χ0) is 11.5. The van der Waals surface area contributed by atoms with Gasteiger partial charge >= 0.3 is 0 Å². The lowest BCUT2D eigenvalue weighted by atomic mass is 10.1. The molecule has 0 aliphatic heterocycles. The van der Waals surface area contributed by atoms with Gasteiger partial charge in [0.1, 0.15) is 23.0 Å². The number of hydrogen-bond acceptors (Lipinski definition) is 2. The van der Waals surface area contributed by atoms with E-state index < -0.39 is 0 Å². The maximum Gasteiger partial charge on any atom is 0.139 e. The normalized spacial score (nSPS) is 10.9. The van der Waals surface area contributed by atoms with Crippen LogP contribution in [0.4, 0.5) is 0 Å². The Kier molecular flexibility index (Phi) is 3.76. The number of hydrogen-bond donors (Lipinski definition) is 0. The third-order valence-corrected chi connectivity index (χ3v) is 2.99. The van der Waals surface area contributed by atoms with Crippen LogP contribution in [-0.4, -0.2) is 5.60 Å². The molecule has 80 valence electrons. The van der Waals surface area contributed by atoms with Crippen LogP contribution in [0.1, 0.15) is 32.8 Å². The second-order valence-corrected chi connectivity index (χ2v) is 4.79. The maximum absolute atomic E-state index is 9.01. The van der Waals surface area contributed by atoms with E-state index in [1.165, 1.54) is 0 Å². The Morgan fingerprint density at radius 3 is 2.67 bits per heavy atom. The van der Waals surface area contributed by atoms with Crippen LogP contribution in [0.2, 0.25) is 0 Å². The zero-order valence-corrected chi connectivity index (χ0v) is 10.8. The van der Waals surface area contributed by atoms with Crippen molar-refractivity contribution in [3.05, 3.63) is 28.2 Å². The third-order valence-electron chi connectivity index (χ3n) is 2.32. The van der Waals surface area contributed by atoms with E-state index in [0.29, 0.717) is 11.3 Å². The molecule has 1 rings (SSSR count). The predicted molar refractivity (Wildman–Crippen MR) is 63.9 cm³/mol. The summed E-state index contributed by atoms with van der Waals surface area (Å²) in [6, 6.07) is 7.66. The van der Waals surface area contributed by atoms with Gasteiger partial charge in [0, 0.05) is 4.47 Å². The van der Waals surface area contributed by atoms with Gasteiger partial charge in [0.15, 0.2) is 0 Å². The minimum atomic E-state index is -0.244. The summed E-state index contributed by atoms with van der Waals surface area (Å²) in [5.74, 6) is 0.638. The van der Waals surface area contributed by atoms with Crippen molar-refractivity contribution in [2.24, 2.45) is 0 Å². The lowest BCUT2D eigenvalue weighted by molar-refractivity contribution is 0.105. The Labute approximate surface area is 99.0 Å². The molecule has 3 heteroatoms. The second kappa shape index (κ2) is 4.67.